The first kappa shape index (κ1) is 10.8. The van der Waals surface area contributed by atoms with Crippen LogP contribution in [0.5, 0.6) is 0 Å². The molecule has 0 unspecified atom stereocenters. The lowest BCUT2D eigenvalue weighted by Crippen LogP contribution is -1.93. The molecule has 5 heteroatoms. The summed E-state index contributed by atoms with van der Waals surface area (Å²) in [5, 5.41) is 2.06. The predicted molar refractivity (Wildman–Crippen MR) is 75.4 cm³/mol. The Hall–Kier alpha value is -1.33. The van der Waals surface area contributed by atoms with Crippen LogP contribution in [-0.4, -0.2) is 9.38 Å². The Morgan fingerprint density at radius 2 is 2.29 bits per heavy atom. The summed E-state index contributed by atoms with van der Waals surface area (Å²) in [6, 6.07) is 5.99. The lowest BCUT2D eigenvalue weighted by Gasteiger charge is -2.00. The second-order valence-corrected chi connectivity index (χ2v) is 5.64. The summed E-state index contributed by atoms with van der Waals surface area (Å²) in [5.41, 5.74) is 9.60. The molecule has 2 N–H and O–H groups in total. The molecule has 0 saturated carbocycles. The highest BCUT2D eigenvalue weighted by Gasteiger charge is 2.13. The molecule has 3 aromatic rings. The Balaban J connectivity index is 2.36. The molecule has 3 heterocycles. The average Bonchev–Trinajstić information content (AvgIpc) is 2.87. The Morgan fingerprint density at radius 1 is 1.47 bits per heavy atom. The number of thiophene rings is 1. The summed E-state index contributed by atoms with van der Waals surface area (Å²) >= 11 is 5.19. The van der Waals surface area contributed by atoms with Crippen LogP contribution in [0.3, 0.4) is 0 Å². The summed E-state index contributed by atoms with van der Waals surface area (Å²) in [7, 11) is 0. The molecule has 0 radical (unpaired) electrons. The van der Waals surface area contributed by atoms with Crippen LogP contribution in [-0.2, 0) is 0 Å². The minimum absolute atomic E-state index is 0.725. The lowest BCUT2D eigenvalue weighted by atomic mass is 10.3. The number of aromatic nitrogens is 2. The third-order valence-electron chi connectivity index (χ3n) is 2.69. The zero-order valence-electron chi connectivity index (χ0n) is 9.14. The number of pyridine rings is 1. The van der Waals surface area contributed by atoms with Crippen molar-refractivity contribution in [1.82, 2.24) is 9.38 Å². The van der Waals surface area contributed by atoms with Crippen molar-refractivity contribution in [2.24, 2.45) is 0 Å². The Labute approximate surface area is 111 Å². The molecule has 0 amide bonds. The van der Waals surface area contributed by atoms with Gasteiger partial charge in [0.25, 0.3) is 0 Å². The molecule has 0 aliphatic heterocycles. The van der Waals surface area contributed by atoms with Gasteiger partial charge in [0.15, 0.2) is 5.65 Å². The number of rotatable bonds is 1. The number of halogens is 1. The number of imidazole rings is 1. The van der Waals surface area contributed by atoms with Gasteiger partial charge in [-0.25, -0.2) is 4.98 Å². The average molecular weight is 308 g/mol. The van der Waals surface area contributed by atoms with E-state index in [0.717, 1.165) is 27.2 Å². The highest BCUT2D eigenvalue weighted by atomic mass is 79.9. The molecule has 3 nitrogen and oxygen atoms in total. The molecule has 0 atom stereocenters. The monoisotopic (exact) mass is 307 g/mol. The van der Waals surface area contributed by atoms with Crippen molar-refractivity contribution < 1.29 is 0 Å². The van der Waals surface area contributed by atoms with E-state index in [9.17, 15) is 0 Å². The normalized spacial score (nSPS) is 11.2. The van der Waals surface area contributed by atoms with Crippen molar-refractivity contribution in [2.45, 2.75) is 6.92 Å². The summed E-state index contributed by atoms with van der Waals surface area (Å²) < 4.78 is 2.94. The van der Waals surface area contributed by atoms with Crippen molar-refractivity contribution in [3.63, 3.8) is 0 Å². The second-order valence-electron chi connectivity index (χ2n) is 3.84. The van der Waals surface area contributed by atoms with E-state index in [2.05, 4.69) is 39.3 Å². The van der Waals surface area contributed by atoms with Gasteiger partial charge in [-0.2, -0.15) is 0 Å². The van der Waals surface area contributed by atoms with Crippen LogP contribution in [0.4, 0.5) is 5.69 Å². The van der Waals surface area contributed by atoms with E-state index in [4.69, 9.17) is 5.73 Å². The zero-order valence-corrected chi connectivity index (χ0v) is 11.5. The van der Waals surface area contributed by atoms with Gasteiger partial charge in [0, 0.05) is 17.6 Å². The van der Waals surface area contributed by atoms with Crippen LogP contribution in [0.1, 0.15) is 5.69 Å². The van der Waals surface area contributed by atoms with Crippen LogP contribution >= 0.6 is 27.3 Å². The van der Waals surface area contributed by atoms with Crippen molar-refractivity contribution in [3.05, 3.63) is 39.9 Å². The Morgan fingerprint density at radius 3 is 3.00 bits per heavy atom. The van der Waals surface area contributed by atoms with E-state index in [-0.39, 0.29) is 0 Å². The standard InChI is InChI=1S/C12H10BrN3S/c1-7-11(10-3-2-4-17-10)15-12-9(13)5-8(14)6-16(7)12/h2-6H,14H2,1H3. The lowest BCUT2D eigenvalue weighted by molar-refractivity contribution is 1.11. The number of nitrogen functional groups attached to an aromatic ring is 1. The molecule has 0 saturated heterocycles. The van der Waals surface area contributed by atoms with E-state index in [1.54, 1.807) is 11.3 Å². The fraction of sp³-hybridized carbons (Fsp3) is 0.0833. The first-order valence-electron chi connectivity index (χ1n) is 5.14. The van der Waals surface area contributed by atoms with Crippen molar-refractivity contribution in [3.8, 4) is 10.6 Å². The van der Waals surface area contributed by atoms with Gasteiger partial charge in [0.2, 0.25) is 0 Å². The molecular formula is C12H10BrN3S. The number of fused-ring (bicyclic) bond motifs is 1. The molecule has 0 aliphatic rings. The van der Waals surface area contributed by atoms with Gasteiger partial charge >= 0.3 is 0 Å². The third kappa shape index (κ3) is 1.66. The molecule has 17 heavy (non-hydrogen) atoms. The molecular weight excluding hydrogens is 298 g/mol. The van der Waals surface area contributed by atoms with Crippen molar-refractivity contribution >= 4 is 38.6 Å². The molecule has 86 valence electrons. The number of anilines is 1. The molecule has 0 aromatic carbocycles. The number of hydrogen-bond donors (Lipinski definition) is 1. The summed E-state index contributed by atoms with van der Waals surface area (Å²) in [5.74, 6) is 0. The number of nitrogens with zero attached hydrogens (tertiary/aromatic N) is 2. The van der Waals surface area contributed by atoms with E-state index < -0.39 is 0 Å². The molecule has 0 spiro atoms. The SMILES string of the molecule is Cc1c(-c2cccs2)nc2c(Br)cc(N)cn12. The largest absolute Gasteiger partial charge is 0.397 e. The molecule has 3 rings (SSSR count). The quantitative estimate of drug-likeness (QED) is 0.744. The van der Waals surface area contributed by atoms with Crippen LogP contribution < -0.4 is 5.73 Å². The van der Waals surface area contributed by atoms with Gasteiger partial charge in [0.05, 0.1) is 9.35 Å². The van der Waals surface area contributed by atoms with E-state index in [0.29, 0.717) is 0 Å². The predicted octanol–water partition coefficient (Wildman–Crippen LogP) is 3.72. The van der Waals surface area contributed by atoms with Gasteiger partial charge in [-0.15, -0.1) is 11.3 Å². The minimum atomic E-state index is 0.725. The highest BCUT2D eigenvalue weighted by molar-refractivity contribution is 9.10. The van der Waals surface area contributed by atoms with Gasteiger partial charge in [-0.3, -0.25) is 0 Å². The van der Waals surface area contributed by atoms with Crippen LogP contribution in [0.15, 0.2) is 34.2 Å². The number of nitrogens with two attached hydrogens (primary N) is 1. The fourth-order valence-corrected chi connectivity index (χ4v) is 3.19. The maximum Gasteiger partial charge on any atom is 0.152 e. The second kappa shape index (κ2) is 3.85. The molecule has 3 aromatic heterocycles. The molecule has 0 bridgehead atoms. The van der Waals surface area contributed by atoms with E-state index in [1.165, 1.54) is 4.88 Å². The smallest absolute Gasteiger partial charge is 0.152 e. The number of hydrogen-bond acceptors (Lipinski definition) is 3. The Kier molecular flexibility index (Phi) is 2.45. The topological polar surface area (TPSA) is 43.3 Å². The van der Waals surface area contributed by atoms with Crippen LogP contribution in [0.2, 0.25) is 0 Å². The van der Waals surface area contributed by atoms with Crippen LogP contribution in [0.25, 0.3) is 16.2 Å². The maximum absolute atomic E-state index is 5.85. The van der Waals surface area contributed by atoms with Crippen molar-refractivity contribution in [2.75, 3.05) is 5.73 Å². The maximum atomic E-state index is 5.85. The number of aryl methyl sites for hydroxylation is 1. The summed E-state index contributed by atoms with van der Waals surface area (Å²) in [4.78, 5) is 5.84. The Bertz CT molecular complexity index is 685. The first-order chi connectivity index (χ1) is 8.16. The zero-order chi connectivity index (χ0) is 12.0. The van der Waals surface area contributed by atoms with Gasteiger partial charge in [-0.1, -0.05) is 6.07 Å². The van der Waals surface area contributed by atoms with Crippen molar-refractivity contribution in [1.29, 1.82) is 0 Å². The fourth-order valence-electron chi connectivity index (χ4n) is 1.88. The molecule has 0 aliphatic carbocycles. The van der Waals surface area contributed by atoms with Gasteiger partial charge in [-0.05, 0) is 40.4 Å². The molecule has 0 fully saturated rings. The third-order valence-corrected chi connectivity index (χ3v) is 4.15. The highest BCUT2D eigenvalue weighted by Crippen LogP contribution is 2.30. The summed E-state index contributed by atoms with van der Waals surface area (Å²) in [6.07, 6.45) is 1.90. The van der Waals surface area contributed by atoms with E-state index in [1.807, 2.05) is 22.7 Å². The van der Waals surface area contributed by atoms with E-state index >= 15 is 0 Å². The van der Waals surface area contributed by atoms with Crippen LogP contribution in [0, 0.1) is 6.92 Å². The van der Waals surface area contributed by atoms with Gasteiger partial charge in [0.1, 0.15) is 5.69 Å². The van der Waals surface area contributed by atoms with Gasteiger partial charge < -0.3 is 10.1 Å². The summed E-state index contributed by atoms with van der Waals surface area (Å²) in [6.45, 7) is 2.06. The first-order valence-corrected chi connectivity index (χ1v) is 6.81. The minimum Gasteiger partial charge on any atom is -0.397 e.